The molecule has 2 N–H and O–H groups in total. The minimum absolute atomic E-state index is 0. The summed E-state index contributed by atoms with van der Waals surface area (Å²) in [6.45, 7) is 5.64. The van der Waals surface area contributed by atoms with Gasteiger partial charge in [-0.15, -0.1) is 24.0 Å². The lowest BCUT2D eigenvalue weighted by atomic mass is 10.1. The first-order valence-corrected chi connectivity index (χ1v) is 9.78. The first-order chi connectivity index (χ1) is 14.1. The summed E-state index contributed by atoms with van der Waals surface area (Å²) >= 11 is 0. The van der Waals surface area contributed by atoms with Crippen molar-refractivity contribution < 1.29 is 14.0 Å². The molecule has 3 rings (SSSR count). The molecule has 162 valence electrons. The number of hydrogen-bond donors (Lipinski definition) is 2. The highest BCUT2D eigenvalue weighted by atomic mass is 127. The minimum atomic E-state index is -0.0835. The number of hydrogen-bond acceptors (Lipinski definition) is 4. The molecule has 0 spiro atoms. The average molecular weight is 525 g/mol. The van der Waals surface area contributed by atoms with Crippen LogP contribution in [0.5, 0.6) is 0 Å². The number of carbonyl (C=O) groups excluding carboxylic acids is 2. The third-order valence-electron chi connectivity index (χ3n) is 4.79. The second kappa shape index (κ2) is 11.6. The van der Waals surface area contributed by atoms with E-state index < -0.39 is 0 Å². The zero-order valence-corrected chi connectivity index (χ0v) is 19.6. The van der Waals surface area contributed by atoms with Gasteiger partial charge in [0.05, 0.1) is 6.26 Å². The largest absolute Gasteiger partial charge is 0.459 e. The van der Waals surface area contributed by atoms with E-state index in [9.17, 15) is 9.59 Å². The van der Waals surface area contributed by atoms with E-state index in [0.717, 1.165) is 11.5 Å². The third kappa shape index (κ3) is 5.97. The van der Waals surface area contributed by atoms with E-state index in [0.29, 0.717) is 50.6 Å². The van der Waals surface area contributed by atoms with Crippen LogP contribution in [-0.2, 0) is 6.54 Å². The summed E-state index contributed by atoms with van der Waals surface area (Å²) in [5.41, 5.74) is 1.65. The van der Waals surface area contributed by atoms with Crippen molar-refractivity contribution in [3.05, 3.63) is 59.5 Å². The lowest BCUT2D eigenvalue weighted by Gasteiger charge is -2.36. The number of amides is 2. The first kappa shape index (κ1) is 23.7. The molecule has 30 heavy (non-hydrogen) atoms. The van der Waals surface area contributed by atoms with Crippen LogP contribution in [0.25, 0.3) is 0 Å². The van der Waals surface area contributed by atoms with E-state index in [4.69, 9.17) is 4.42 Å². The Labute approximate surface area is 193 Å². The molecule has 1 aromatic carbocycles. The molecule has 1 saturated heterocycles. The molecule has 2 amide bonds. The van der Waals surface area contributed by atoms with Gasteiger partial charge in [0, 0.05) is 51.9 Å². The molecule has 2 heterocycles. The van der Waals surface area contributed by atoms with Crippen LogP contribution in [0.3, 0.4) is 0 Å². The molecule has 0 atom stereocenters. The van der Waals surface area contributed by atoms with Crippen LogP contribution in [0.1, 0.15) is 33.4 Å². The molecule has 9 heteroatoms. The van der Waals surface area contributed by atoms with Crippen LogP contribution in [0.4, 0.5) is 0 Å². The maximum absolute atomic E-state index is 12.4. The summed E-state index contributed by atoms with van der Waals surface area (Å²) in [4.78, 5) is 32.7. The zero-order valence-electron chi connectivity index (χ0n) is 17.3. The zero-order chi connectivity index (χ0) is 20.6. The Bertz CT molecular complexity index is 861. The number of nitrogens with zero attached hydrogens (tertiary/aromatic N) is 3. The van der Waals surface area contributed by atoms with E-state index in [2.05, 4.69) is 20.5 Å². The predicted molar refractivity (Wildman–Crippen MR) is 126 cm³/mol. The highest BCUT2D eigenvalue weighted by molar-refractivity contribution is 14.0. The highest BCUT2D eigenvalue weighted by Gasteiger charge is 2.25. The number of piperazine rings is 1. The first-order valence-electron chi connectivity index (χ1n) is 9.78. The Kier molecular flexibility index (Phi) is 9.15. The fourth-order valence-corrected chi connectivity index (χ4v) is 3.28. The molecule has 1 aromatic heterocycles. The van der Waals surface area contributed by atoms with Crippen molar-refractivity contribution in [1.29, 1.82) is 0 Å². The van der Waals surface area contributed by atoms with Gasteiger partial charge in [0.1, 0.15) is 0 Å². The monoisotopic (exact) mass is 525 g/mol. The molecule has 0 aliphatic carbocycles. The van der Waals surface area contributed by atoms with Gasteiger partial charge >= 0.3 is 0 Å². The van der Waals surface area contributed by atoms with Crippen LogP contribution in [0, 0.1) is 0 Å². The Balaban J connectivity index is 0.00000320. The average Bonchev–Trinajstić information content (AvgIpc) is 3.29. The van der Waals surface area contributed by atoms with E-state index >= 15 is 0 Å². The number of rotatable bonds is 5. The molecular formula is C21H28IN5O3. The Morgan fingerprint density at radius 1 is 1.07 bits per heavy atom. The number of nitrogens with one attached hydrogen (secondary N) is 2. The van der Waals surface area contributed by atoms with Crippen molar-refractivity contribution in [1.82, 2.24) is 20.4 Å². The Hall–Kier alpha value is -2.56. The van der Waals surface area contributed by atoms with Gasteiger partial charge in [-0.3, -0.25) is 14.6 Å². The van der Waals surface area contributed by atoms with Gasteiger partial charge in [-0.25, -0.2) is 0 Å². The second-order valence-electron chi connectivity index (χ2n) is 6.72. The quantitative estimate of drug-likeness (QED) is 0.355. The molecule has 0 unspecified atom stereocenters. The van der Waals surface area contributed by atoms with Gasteiger partial charge in [-0.2, -0.15) is 0 Å². The van der Waals surface area contributed by atoms with Gasteiger partial charge in [0.2, 0.25) is 0 Å². The van der Waals surface area contributed by atoms with Gasteiger partial charge in [0.15, 0.2) is 11.7 Å². The third-order valence-corrected chi connectivity index (χ3v) is 4.79. The summed E-state index contributed by atoms with van der Waals surface area (Å²) in [6, 6.07) is 10.9. The molecule has 1 fully saturated rings. The van der Waals surface area contributed by atoms with Crippen molar-refractivity contribution in [2.45, 2.75) is 13.5 Å². The minimum Gasteiger partial charge on any atom is -0.459 e. The van der Waals surface area contributed by atoms with Gasteiger partial charge in [-0.05, 0) is 36.8 Å². The SMILES string of the molecule is CCNC(=O)c1cccc(CNC(=NC)N2CCN(C(=O)c3ccco3)CC2)c1.I. The number of guanidine groups is 1. The topological polar surface area (TPSA) is 90.2 Å². The van der Waals surface area contributed by atoms with E-state index in [1.54, 1.807) is 30.1 Å². The van der Waals surface area contributed by atoms with Crippen molar-refractivity contribution in [2.24, 2.45) is 4.99 Å². The molecule has 2 aromatic rings. The summed E-state index contributed by atoms with van der Waals surface area (Å²) < 4.78 is 5.20. The van der Waals surface area contributed by atoms with E-state index in [1.165, 1.54) is 6.26 Å². The van der Waals surface area contributed by atoms with Crippen LogP contribution in [-0.4, -0.2) is 67.3 Å². The normalized spacial score (nSPS) is 14.1. The molecule has 1 aliphatic heterocycles. The van der Waals surface area contributed by atoms with Crippen LogP contribution in [0.2, 0.25) is 0 Å². The number of aliphatic imine (C=N–C) groups is 1. The predicted octanol–water partition coefficient (Wildman–Crippen LogP) is 2.18. The molecule has 0 bridgehead atoms. The summed E-state index contributed by atoms with van der Waals surface area (Å²) in [5.74, 6) is 0.988. The van der Waals surface area contributed by atoms with Gasteiger partial charge in [0.25, 0.3) is 11.8 Å². The van der Waals surface area contributed by atoms with Crippen molar-refractivity contribution >= 4 is 41.8 Å². The fourth-order valence-electron chi connectivity index (χ4n) is 3.28. The summed E-state index contributed by atoms with van der Waals surface area (Å²) in [5, 5.41) is 6.16. The van der Waals surface area contributed by atoms with Gasteiger partial charge in [-0.1, -0.05) is 12.1 Å². The van der Waals surface area contributed by atoms with Crippen molar-refractivity contribution in [2.75, 3.05) is 39.8 Å². The molecule has 1 aliphatic rings. The lowest BCUT2D eigenvalue weighted by molar-refractivity contribution is 0.0657. The molecule has 8 nitrogen and oxygen atoms in total. The number of furan rings is 1. The number of carbonyl (C=O) groups is 2. The highest BCUT2D eigenvalue weighted by Crippen LogP contribution is 2.10. The second-order valence-corrected chi connectivity index (χ2v) is 6.72. The van der Waals surface area contributed by atoms with Crippen molar-refractivity contribution in [3.63, 3.8) is 0 Å². The molecular weight excluding hydrogens is 497 g/mol. The number of benzene rings is 1. The van der Waals surface area contributed by atoms with Gasteiger partial charge < -0.3 is 24.9 Å². The Morgan fingerprint density at radius 2 is 1.80 bits per heavy atom. The lowest BCUT2D eigenvalue weighted by Crippen LogP contribution is -2.53. The maximum atomic E-state index is 12.4. The molecule has 0 saturated carbocycles. The van der Waals surface area contributed by atoms with Crippen LogP contribution in [0.15, 0.2) is 52.1 Å². The number of halogens is 1. The van der Waals surface area contributed by atoms with Crippen LogP contribution >= 0.6 is 24.0 Å². The molecule has 0 radical (unpaired) electrons. The van der Waals surface area contributed by atoms with Crippen molar-refractivity contribution in [3.8, 4) is 0 Å². The van der Waals surface area contributed by atoms with Crippen LogP contribution < -0.4 is 10.6 Å². The summed E-state index contributed by atoms with van der Waals surface area (Å²) in [6.07, 6.45) is 1.51. The maximum Gasteiger partial charge on any atom is 0.289 e. The summed E-state index contributed by atoms with van der Waals surface area (Å²) in [7, 11) is 1.74. The standard InChI is InChI=1S/C21H27N5O3.HI/c1-3-23-19(27)17-7-4-6-16(14-17)15-24-21(22-2)26-11-9-25(10-12-26)20(28)18-8-5-13-29-18;/h4-8,13-14H,3,9-12,15H2,1-2H3,(H,22,24)(H,23,27);1H. The Morgan fingerprint density at radius 3 is 2.43 bits per heavy atom. The van der Waals surface area contributed by atoms with E-state index in [-0.39, 0.29) is 35.8 Å². The smallest absolute Gasteiger partial charge is 0.289 e. The fraction of sp³-hybridized carbons (Fsp3) is 0.381. The van der Waals surface area contributed by atoms with E-state index in [1.807, 2.05) is 25.1 Å².